The van der Waals surface area contributed by atoms with Gasteiger partial charge >= 0.3 is 0 Å². The van der Waals surface area contributed by atoms with E-state index in [2.05, 4.69) is 16.9 Å². The molecule has 7 heteroatoms. The van der Waals surface area contributed by atoms with E-state index < -0.39 is 5.91 Å². The molecule has 3 rings (SSSR count). The molecule has 0 radical (unpaired) electrons. The van der Waals surface area contributed by atoms with Gasteiger partial charge in [0.25, 0.3) is 11.8 Å². The number of carbonyl (C=O) groups is 2. The third kappa shape index (κ3) is 6.37. The molecule has 1 aromatic heterocycles. The van der Waals surface area contributed by atoms with Crippen molar-refractivity contribution in [2.75, 3.05) is 6.61 Å². The lowest BCUT2D eigenvalue weighted by Crippen LogP contribution is -2.44. The molecule has 3 aromatic rings. The molecule has 0 unspecified atom stereocenters. The zero-order valence-electron chi connectivity index (χ0n) is 16.2. The van der Waals surface area contributed by atoms with E-state index in [1.165, 1.54) is 4.88 Å². The maximum absolute atomic E-state index is 12.5. The number of thioether (sulfide) groups is 1. The van der Waals surface area contributed by atoms with Crippen LogP contribution in [0.2, 0.25) is 0 Å². The number of hydrogen-bond donors (Lipinski definition) is 2. The number of ether oxygens (including phenoxy) is 1. The predicted molar refractivity (Wildman–Crippen MR) is 117 cm³/mol. The zero-order valence-corrected chi connectivity index (χ0v) is 17.9. The largest absolute Gasteiger partial charge is 0.484 e. The van der Waals surface area contributed by atoms with Gasteiger partial charge in [0, 0.05) is 15.5 Å². The van der Waals surface area contributed by atoms with E-state index in [0.717, 1.165) is 21.8 Å². The molecular formula is C22H22N2O3S2. The monoisotopic (exact) mass is 426 g/mol. The van der Waals surface area contributed by atoms with Crippen LogP contribution in [-0.4, -0.2) is 18.4 Å². The minimum atomic E-state index is -0.429. The number of rotatable bonds is 7. The third-order valence-corrected chi connectivity index (χ3v) is 6.14. The quantitative estimate of drug-likeness (QED) is 0.431. The van der Waals surface area contributed by atoms with Crippen molar-refractivity contribution in [1.82, 2.24) is 10.9 Å². The Kier molecular flexibility index (Phi) is 7.32. The molecule has 0 bridgehead atoms. The second-order valence-electron chi connectivity index (χ2n) is 6.48. The summed E-state index contributed by atoms with van der Waals surface area (Å²) in [5.74, 6) is 0.623. The van der Waals surface area contributed by atoms with Gasteiger partial charge in [-0.2, -0.15) is 0 Å². The van der Waals surface area contributed by atoms with Crippen molar-refractivity contribution in [3.8, 4) is 5.75 Å². The van der Waals surface area contributed by atoms with Gasteiger partial charge < -0.3 is 4.74 Å². The van der Waals surface area contributed by atoms with E-state index in [1.807, 2.05) is 55.6 Å². The minimum absolute atomic E-state index is 0.183. The van der Waals surface area contributed by atoms with E-state index in [1.54, 1.807) is 35.2 Å². The summed E-state index contributed by atoms with van der Waals surface area (Å²) in [6.07, 6.45) is 0. The molecule has 0 fully saturated rings. The summed E-state index contributed by atoms with van der Waals surface area (Å²) in [7, 11) is 0. The molecule has 150 valence electrons. The van der Waals surface area contributed by atoms with Crippen molar-refractivity contribution in [3.63, 3.8) is 0 Å². The number of benzene rings is 2. The molecule has 0 aliphatic heterocycles. The molecule has 2 amide bonds. The van der Waals surface area contributed by atoms with Gasteiger partial charge in [-0.05, 0) is 60.7 Å². The number of aryl methyl sites for hydroxylation is 2. The van der Waals surface area contributed by atoms with Crippen LogP contribution in [-0.2, 0) is 10.5 Å². The fourth-order valence-electron chi connectivity index (χ4n) is 2.72. The lowest BCUT2D eigenvalue weighted by Gasteiger charge is -2.11. The van der Waals surface area contributed by atoms with Gasteiger partial charge in [0.1, 0.15) is 5.75 Å². The highest BCUT2D eigenvalue weighted by Gasteiger charge is 2.13. The van der Waals surface area contributed by atoms with Crippen LogP contribution < -0.4 is 15.6 Å². The van der Waals surface area contributed by atoms with E-state index in [4.69, 9.17) is 4.74 Å². The standard InChI is InChI=1S/C22H22N2O3S2/c1-15-10-16(2)12-17(11-15)27-13-21(25)23-24-22(26)19-7-3-4-8-20(19)29-14-18-6-5-9-28-18/h3-12H,13-14H2,1-2H3,(H,23,25)(H,24,26). The van der Waals surface area contributed by atoms with Crippen LogP contribution in [0.5, 0.6) is 5.75 Å². The van der Waals surface area contributed by atoms with Gasteiger partial charge in [-0.15, -0.1) is 23.1 Å². The molecule has 0 aliphatic rings. The molecule has 2 aromatic carbocycles. The lowest BCUT2D eigenvalue weighted by atomic mass is 10.1. The minimum Gasteiger partial charge on any atom is -0.484 e. The van der Waals surface area contributed by atoms with Crippen LogP contribution in [0.3, 0.4) is 0 Å². The van der Waals surface area contributed by atoms with Gasteiger partial charge in [-0.25, -0.2) is 0 Å². The van der Waals surface area contributed by atoms with Gasteiger partial charge in [0.2, 0.25) is 0 Å². The average Bonchev–Trinajstić information content (AvgIpc) is 3.22. The SMILES string of the molecule is Cc1cc(C)cc(OCC(=O)NNC(=O)c2ccccc2SCc2cccs2)c1. The Hall–Kier alpha value is -2.77. The molecule has 5 nitrogen and oxygen atoms in total. The molecule has 1 heterocycles. The van der Waals surface area contributed by atoms with Gasteiger partial charge in [0.05, 0.1) is 5.56 Å². The zero-order chi connectivity index (χ0) is 20.6. The van der Waals surface area contributed by atoms with Gasteiger partial charge in [-0.1, -0.05) is 24.3 Å². The number of nitrogens with one attached hydrogen (secondary N) is 2. The van der Waals surface area contributed by atoms with Crippen LogP contribution in [0, 0.1) is 13.8 Å². The number of amides is 2. The van der Waals surface area contributed by atoms with Crippen molar-refractivity contribution in [2.24, 2.45) is 0 Å². The van der Waals surface area contributed by atoms with Crippen molar-refractivity contribution in [2.45, 2.75) is 24.5 Å². The van der Waals surface area contributed by atoms with Crippen molar-refractivity contribution in [1.29, 1.82) is 0 Å². The van der Waals surface area contributed by atoms with Crippen molar-refractivity contribution >= 4 is 34.9 Å². The highest BCUT2D eigenvalue weighted by molar-refractivity contribution is 7.98. The highest BCUT2D eigenvalue weighted by atomic mass is 32.2. The Morgan fingerprint density at radius 3 is 2.48 bits per heavy atom. The van der Waals surface area contributed by atoms with Crippen LogP contribution in [0.15, 0.2) is 64.9 Å². The normalized spacial score (nSPS) is 10.4. The topological polar surface area (TPSA) is 67.4 Å². The first-order valence-corrected chi connectivity index (χ1v) is 10.9. The van der Waals surface area contributed by atoms with E-state index in [9.17, 15) is 9.59 Å². The van der Waals surface area contributed by atoms with Crippen LogP contribution >= 0.6 is 23.1 Å². The fraction of sp³-hybridized carbons (Fsp3) is 0.182. The molecule has 0 atom stereocenters. The Morgan fingerprint density at radius 1 is 1.00 bits per heavy atom. The Balaban J connectivity index is 1.51. The second kappa shape index (κ2) is 10.1. The van der Waals surface area contributed by atoms with Crippen molar-refractivity contribution < 1.29 is 14.3 Å². The molecule has 0 spiro atoms. The first-order chi connectivity index (χ1) is 14.0. The summed E-state index contributed by atoms with van der Waals surface area (Å²) in [6, 6.07) is 17.2. The summed E-state index contributed by atoms with van der Waals surface area (Å²) in [5, 5.41) is 2.03. The predicted octanol–water partition coefficient (Wildman–Crippen LogP) is 4.50. The smallest absolute Gasteiger partial charge is 0.276 e. The molecule has 0 aliphatic carbocycles. The molecule has 0 saturated heterocycles. The van der Waals surface area contributed by atoms with E-state index in [0.29, 0.717) is 11.3 Å². The third-order valence-electron chi connectivity index (χ3n) is 3.96. The van der Waals surface area contributed by atoms with Crippen LogP contribution in [0.4, 0.5) is 0 Å². The number of thiophene rings is 1. The molecule has 29 heavy (non-hydrogen) atoms. The highest BCUT2D eigenvalue weighted by Crippen LogP contribution is 2.27. The maximum Gasteiger partial charge on any atom is 0.276 e. The Bertz CT molecular complexity index is 967. The first-order valence-electron chi connectivity index (χ1n) is 9.06. The van der Waals surface area contributed by atoms with Gasteiger partial charge in [0.15, 0.2) is 6.61 Å². The Morgan fingerprint density at radius 2 is 1.76 bits per heavy atom. The second-order valence-corrected chi connectivity index (χ2v) is 8.53. The molecule has 2 N–H and O–H groups in total. The number of hydrazine groups is 1. The van der Waals surface area contributed by atoms with Crippen LogP contribution in [0.1, 0.15) is 26.4 Å². The summed E-state index contributed by atoms with van der Waals surface area (Å²) < 4.78 is 5.50. The number of hydrogen-bond acceptors (Lipinski definition) is 5. The van der Waals surface area contributed by atoms with Crippen LogP contribution in [0.25, 0.3) is 0 Å². The molecular weight excluding hydrogens is 404 g/mol. The Labute approximate surface area is 178 Å². The van der Waals surface area contributed by atoms with Crippen molar-refractivity contribution in [3.05, 3.63) is 81.5 Å². The first kappa shape index (κ1) is 21.0. The fourth-order valence-corrected chi connectivity index (χ4v) is 4.54. The summed E-state index contributed by atoms with van der Waals surface area (Å²) in [5.41, 5.74) is 7.51. The average molecular weight is 427 g/mol. The van der Waals surface area contributed by atoms with E-state index in [-0.39, 0.29) is 12.5 Å². The number of carbonyl (C=O) groups excluding carboxylic acids is 2. The van der Waals surface area contributed by atoms with E-state index >= 15 is 0 Å². The van der Waals surface area contributed by atoms with Gasteiger partial charge in [-0.3, -0.25) is 20.4 Å². The summed E-state index contributed by atoms with van der Waals surface area (Å²) in [4.78, 5) is 26.6. The molecule has 0 saturated carbocycles. The summed E-state index contributed by atoms with van der Waals surface area (Å²) >= 11 is 3.27. The lowest BCUT2D eigenvalue weighted by molar-refractivity contribution is -0.123. The summed E-state index contributed by atoms with van der Waals surface area (Å²) in [6.45, 7) is 3.75. The maximum atomic E-state index is 12.5.